The highest BCUT2D eigenvalue weighted by molar-refractivity contribution is 6.30. The van der Waals surface area contributed by atoms with Crippen molar-refractivity contribution in [2.45, 2.75) is 145 Å². The van der Waals surface area contributed by atoms with Gasteiger partial charge in [0, 0.05) is 48.5 Å². The Kier molecular flexibility index (Phi) is 12.2. The molecule has 9 atom stereocenters. The van der Waals surface area contributed by atoms with Gasteiger partial charge in [0.25, 0.3) is 0 Å². The second-order valence-electron chi connectivity index (χ2n) is 21.7. The Morgan fingerprint density at radius 2 is 1.65 bits per heavy atom. The predicted octanol–water partition coefficient (Wildman–Crippen LogP) is 9.46. The normalized spacial score (nSPS) is 35.5. The molecular weight excluding hydrogens is 736 g/mol. The average molecular weight is 810 g/mol. The SMILES string of the molecule is CC(C)C1=C2[C@H]3CC[C@@H]4[C@@]5(C)CC[C@H](OC(=O)CC(C)(C)C(=O)O)C(C)(C)C5CC[C@@]4(C)[C@]3(C)CCC2(C(O)CN(CCN(C)C)Cc2cccc(Cl)c2)CC1=O. The van der Waals surface area contributed by atoms with Gasteiger partial charge in [0.05, 0.1) is 17.9 Å². The largest absolute Gasteiger partial charge is 0.481 e. The minimum atomic E-state index is -1.17. The van der Waals surface area contributed by atoms with Gasteiger partial charge in [-0.05, 0) is 142 Å². The molecule has 0 bridgehead atoms. The van der Waals surface area contributed by atoms with Gasteiger partial charge in [-0.3, -0.25) is 19.3 Å². The van der Waals surface area contributed by atoms with E-state index in [1.165, 1.54) is 5.57 Å². The topological polar surface area (TPSA) is 107 Å². The molecule has 1 aromatic rings. The van der Waals surface area contributed by atoms with E-state index in [0.29, 0.717) is 36.4 Å². The Bertz CT molecular complexity index is 1750. The number of fused-ring (bicyclic) bond motifs is 7. The molecule has 318 valence electrons. The highest BCUT2D eigenvalue weighted by atomic mass is 35.5. The van der Waals surface area contributed by atoms with Crippen LogP contribution >= 0.6 is 11.6 Å². The van der Waals surface area contributed by atoms with Crippen molar-refractivity contribution in [2.75, 3.05) is 33.7 Å². The molecule has 6 rings (SSSR count). The van der Waals surface area contributed by atoms with Crippen LogP contribution in [0.4, 0.5) is 0 Å². The zero-order valence-electron chi connectivity index (χ0n) is 37.0. The van der Waals surface area contributed by atoms with Crippen molar-refractivity contribution < 1.29 is 29.3 Å². The number of esters is 1. The van der Waals surface area contributed by atoms with E-state index in [1.807, 2.05) is 18.2 Å². The lowest BCUT2D eigenvalue weighted by Crippen LogP contribution is -2.66. The van der Waals surface area contributed by atoms with Crippen LogP contribution in [0.3, 0.4) is 0 Å². The fourth-order valence-electron chi connectivity index (χ4n) is 13.8. The van der Waals surface area contributed by atoms with Gasteiger partial charge in [-0.25, -0.2) is 0 Å². The number of Topliss-reactive ketones (excluding diaryl/α,β-unsaturated/α-hetero) is 1. The van der Waals surface area contributed by atoms with E-state index in [9.17, 15) is 24.6 Å². The number of aliphatic hydroxyl groups excluding tert-OH is 1. The van der Waals surface area contributed by atoms with Crippen molar-refractivity contribution in [3.05, 3.63) is 46.0 Å². The molecule has 4 saturated carbocycles. The molecule has 3 unspecified atom stereocenters. The molecule has 0 heterocycles. The third-order valence-corrected chi connectivity index (χ3v) is 17.3. The summed E-state index contributed by atoms with van der Waals surface area (Å²) in [6.45, 7) is 22.6. The van der Waals surface area contributed by atoms with E-state index in [1.54, 1.807) is 13.8 Å². The van der Waals surface area contributed by atoms with Crippen molar-refractivity contribution in [1.82, 2.24) is 9.80 Å². The van der Waals surface area contributed by atoms with Gasteiger partial charge < -0.3 is 19.8 Å². The third kappa shape index (κ3) is 7.58. The Labute approximate surface area is 348 Å². The van der Waals surface area contributed by atoms with Crippen molar-refractivity contribution >= 4 is 29.3 Å². The summed E-state index contributed by atoms with van der Waals surface area (Å²) in [6, 6.07) is 8.00. The van der Waals surface area contributed by atoms with Crippen LogP contribution in [0, 0.1) is 56.2 Å². The van der Waals surface area contributed by atoms with Crippen LogP contribution in [0.25, 0.3) is 0 Å². The molecule has 5 aliphatic carbocycles. The number of carbonyl (C=O) groups is 3. The lowest BCUT2D eigenvalue weighted by atomic mass is 9.33. The molecule has 0 spiro atoms. The van der Waals surface area contributed by atoms with Gasteiger partial charge in [-0.15, -0.1) is 0 Å². The maximum Gasteiger partial charge on any atom is 0.309 e. The molecule has 57 heavy (non-hydrogen) atoms. The number of hydrogen-bond donors (Lipinski definition) is 2. The number of carboxylic acids is 1. The first kappa shape index (κ1) is 44.3. The van der Waals surface area contributed by atoms with Crippen LogP contribution in [-0.4, -0.2) is 83.7 Å². The van der Waals surface area contributed by atoms with Gasteiger partial charge in [-0.1, -0.05) is 77.8 Å². The fraction of sp³-hybridized carbons (Fsp3) is 0.771. The number of aliphatic carboxylic acids is 1. The highest BCUT2D eigenvalue weighted by Crippen LogP contribution is 2.77. The maximum atomic E-state index is 14.3. The van der Waals surface area contributed by atoms with Gasteiger partial charge in [0.15, 0.2) is 5.78 Å². The molecule has 0 amide bonds. The summed E-state index contributed by atoms with van der Waals surface area (Å²) in [4.78, 5) is 43.8. The Morgan fingerprint density at radius 3 is 2.28 bits per heavy atom. The van der Waals surface area contributed by atoms with E-state index >= 15 is 0 Å². The second kappa shape index (κ2) is 15.6. The van der Waals surface area contributed by atoms with Crippen molar-refractivity contribution in [1.29, 1.82) is 0 Å². The summed E-state index contributed by atoms with van der Waals surface area (Å²) < 4.78 is 6.20. The van der Waals surface area contributed by atoms with Crippen molar-refractivity contribution in [2.24, 2.45) is 56.2 Å². The molecule has 4 fully saturated rings. The Morgan fingerprint density at radius 1 is 0.947 bits per heavy atom. The smallest absolute Gasteiger partial charge is 0.309 e. The van der Waals surface area contributed by atoms with Crippen molar-refractivity contribution in [3.8, 4) is 0 Å². The lowest BCUT2D eigenvalue weighted by Gasteiger charge is -2.72. The minimum absolute atomic E-state index is 0.0333. The molecule has 8 nitrogen and oxygen atoms in total. The first-order valence-electron chi connectivity index (χ1n) is 21.9. The van der Waals surface area contributed by atoms with E-state index < -0.39 is 28.9 Å². The summed E-state index contributed by atoms with van der Waals surface area (Å²) in [5.74, 6) is -0.00895. The number of hydrogen-bond acceptors (Lipinski definition) is 7. The van der Waals surface area contributed by atoms with Crippen LogP contribution in [-0.2, 0) is 25.7 Å². The van der Waals surface area contributed by atoms with Crippen LogP contribution in [0.2, 0.25) is 5.02 Å². The molecular formula is C48H73ClN2O6. The van der Waals surface area contributed by atoms with Gasteiger partial charge in [0.2, 0.25) is 0 Å². The molecule has 0 aliphatic heterocycles. The standard InChI is InChI=1S/C48H73ClN2O6/c1-30(2)40-34(52)26-48(37(53)29-51(24-23-50(10)11)28-31-13-12-14-32(49)25-31)22-21-46(8)33(41(40)48)15-16-36-45(7)19-18-38(57-39(54)27-43(3,4)42(55)56)44(5,6)35(45)17-20-47(36,46)9/h12-14,25,30,33,35-38,53H,15-24,26-29H2,1-11H3,(H,55,56)/t33-,35?,36-,37?,38+,45+,46-,47-,48?/m1/s1. The number of likely N-dealkylation sites (N-methyl/N-ethyl adjacent to an activating group) is 1. The third-order valence-electron chi connectivity index (χ3n) is 17.1. The molecule has 9 heteroatoms. The van der Waals surface area contributed by atoms with Gasteiger partial charge in [-0.2, -0.15) is 0 Å². The van der Waals surface area contributed by atoms with Crippen LogP contribution < -0.4 is 0 Å². The lowest BCUT2D eigenvalue weighted by molar-refractivity contribution is -0.235. The summed E-state index contributed by atoms with van der Waals surface area (Å²) in [6.07, 6.45) is 7.11. The number of ketones is 1. The van der Waals surface area contributed by atoms with Gasteiger partial charge >= 0.3 is 11.9 Å². The van der Waals surface area contributed by atoms with E-state index in [0.717, 1.165) is 75.6 Å². The number of carboxylic acid groups (broad SMARTS) is 1. The fourth-order valence-corrected chi connectivity index (χ4v) is 14.0. The van der Waals surface area contributed by atoms with Gasteiger partial charge in [0.1, 0.15) is 6.10 Å². The summed E-state index contributed by atoms with van der Waals surface area (Å²) in [7, 11) is 4.16. The number of benzene rings is 1. The van der Waals surface area contributed by atoms with Crippen LogP contribution in [0.5, 0.6) is 0 Å². The number of nitrogens with zero attached hydrogens (tertiary/aromatic N) is 2. The van der Waals surface area contributed by atoms with Crippen LogP contribution in [0.1, 0.15) is 132 Å². The number of aliphatic hydroxyl groups is 1. The molecule has 0 aromatic heterocycles. The number of rotatable bonds is 13. The number of halogens is 1. The maximum absolute atomic E-state index is 14.3. The Balaban J connectivity index is 1.29. The zero-order chi connectivity index (χ0) is 42.1. The quantitative estimate of drug-likeness (QED) is 0.190. The molecule has 1 aromatic carbocycles. The van der Waals surface area contributed by atoms with Crippen molar-refractivity contribution in [3.63, 3.8) is 0 Å². The monoisotopic (exact) mass is 809 g/mol. The summed E-state index contributed by atoms with van der Waals surface area (Å²) >= 11 is 6.41. The molecule has 2 N–H and O–H groups in total. The first-order valence-corrected chi connectivity index (χ1v) is 22.3. The molecule has 5 aliphatic rings. The number of allylic oxidation sites excluding steroid dienone is 1. The minimum Gasteiger partial charge on any atom is -0.481 e. The summed E-state index contributed by atoms with van der Waals surface area (Å²) in [5, 5.41) is 23.1. The number of ether oxygens (including phenoxy) is 1. The average Bonchev–Trinajstić information content (AvgIpc) is 3.42. The zero-order valence-corrected chi connectivity index (χ0v) is 37.7. The highest BCUT2D eigenvalue weighted by Gasteiger charge is 2.71. The van der Waals surface area contributed by atoms with E-state index in [2.05, 4.69) is 78.4 Å². The van der Waals surface area contributed by atoms with E-state index in [4.69, 9.17) is 16.3 Å². The molecule has 0 saturated heterocycles. The summed E-state index contributed by atoms with van der Waals surface area (Å²) in [5.41, 5.74) is 1.48. The second-order valence-corrected chi connectivity index (χ2v) is 22.2. The number of carbonyl (C=O) groups excluding carboxylic acids is 2. The Hall–Kier alpha value is -2.26. The molecule has 0 radical (unpaired) electrons. The van der Waals surface area contributed by atoms with Crippen LogP contribution in [0.15, 0.2) is 35.4 Å². The first-order chi connectivity index (χ1) is 26.4. The van der Waals surface area contributed by atoms with E-state index in [-0.39, 0.29) is 51.8 Å². The predicted molar refractivity (Wildman–Crippen MR) is 227 cm³/mol.